The van der Waals surface area contributed by atoms with Crippen LogP contribution in [-0.2, 0) is 9.53 Å². The normalized spacial score (nSPS) is 14.0. The zero-order chi connectivity index (χ0) is 29.9. The van der Waals surface area contributed by atoms with Gasteiger partial charge in [0.2, 0.25) is 0 Å². The van der Waals surface area contributed by atoms with E-state index in [9.17, 15) is 14.7 Å². The average molecular weight is 575 g/mol. The minimum atomic E-state index is -1.07. The predicted molar refractivity (Wildman–Crippen MR) is 163 cm³/mol. The lowest BCUT2D eigenvalue weighted by Gasteiger charge is -2.28. The molecule has 5 aromatic rings. The monoisotopic (exact) mass is 574 g/mol. The van der Waals surface area contributed by atoms with Gasteiger partial charge < -0.3 is 20.1 Å². The van der Waals surface area contributed by atoms with Gasteiger partial charge in [-0.1, -0.05) is 50.2 Å². The lowest BCUT2D eigenvalue weighted by molar-refractivity contribution is -0.140. The van der Waals surface area contributed by atoms with Crippen molar-refractivity contribution in [2.75, 3.05) is 31.2 Å². The number of imidazole rings is 1. The Labute approximate surface area is 248 Å². The number of hydrogen-bond acceptors (Lipinski definition) is 7. The van der Waals surface area contributed by atoms with Crippen LogP contribution in [0, 0.1) is 17.8 Å². The summed E-state index contributed by atoms with van der Waals surface area (Å²) >= 11 is 0. The number of aliphatic carboxylic acids is 1. The molecule has 1 fully saturated rings. The van der Waals surface area contributed by atoms with Gasteiger partial charge in [-0.2, -0.15) is 5.10 Å². The summed E-state index contributed by atoms with van der Waals surface area (Å²) in [6.45, 7) is 6.24. The second kappa shape index (κ2) is 11.9. The number of carbonyl (C=O) groups is 2. The van der Waals surface area contributed by atoms with Crippen LogP contribution < -0.4 is 10.2 Å². The molecular weight excluding hydrogens is 544 g/mol. The van der Waals surface area contributed by atoms with Crippen molar-refractivity contribution in [3.63, 3.8) is 0 Å². The van der Waals surface area contributed by atoms with Crippen molar-refractivity contribution < 1.29 is 19.4 Å². The summed E-state index contributed by atoms with van der Waals surface area (Å²) in [4.78, 5) is 36.3. The Bertz CT molecular complexity index is 1880. The van der Waals surface area contributed by atoms with Gasteiger partial charge in [-0.25, -0.2) is 19.3 Å². The number of amides is 1. The maximum atomic E-state index is 12.9. The molecule has 0 unspecified atom stereocenters. The van der Waals surface area contributed by atoms with Crippen molar-refractivity contribution in [3.8, 4) is 23.1 Å². The molecule has 2 aromatic carbocycles. The molecule has 6 rings (SSSR count). The van der Waals surface area contributed by atoms with Gasteiger partial charge in [-0.05, 0) is 48.1 Å². The number of aromatic nitrogens is 4. The van der Waals surface area contributed by atoms with Crippen molar-refractivity contribution in [2.24, 2.45) is 5.92 Å². The third-order valence-corrected chi connectivity index (χ3v) is 7.40. The van der Waals surface area contributed by atoms with Crippen LogP contribution >= 0.6 is 0 Å². The van der Waals surface area contributed by atoms with Gasteiger partial charge in [0.1, 0.15) is 23.1 Å². The number of carboxylic acids is 1. The van der Waals surface area contributed by atoms with E-state index < -0.39 is 17.9 Å². The molecule has 216 valence electrons. The Morgan fingerprint density at radius 1 is 0.953 bits per heavy atom. The van der Waals surface area contributed by atoms with E-state index in [2.05, 4.69) is 32.1 Å². The second-order valence-electron chi connectivity index (χ2n) is 10.6. The Hall–Kier alpha value is -5.27. The number of benzene rings is 2. The third-order valence-electron chi connectivity index (χ3n) is 7.40. The molecule has 10 heteroatoms. The van der Waals surface area contributed by atoms with E-state index in [0.29, 0.717) is 41.5 Å². The summed E-state index contributed by atoms with van der Waals surface area (Å²) in [5, 5.41) is 17.8. The Balaban J connectivity index is 1.41. The van der Waals surface area contributed by atoms with Crippen LogP contribution in [0.1, 0.15) is 35.6 Å². The summed E-state index contributed by atoms with van der Waals surface area (Å²) in [5.74, 6) is 4.62. The van der Waals surface area contributed by atoms with Crippen LogP contribution in [0.2, 0.25) is 0 Å². The van der Waals surface area contributed by atoms with Gasteiger partial charge >= 0.3 is 5.97 Å². The van der Waals surface area contributed by atoms with Crippen molar-refractivity contribution in [3.05, 3.63) is 89.9 Å². The lowest BCUT2D eigenvalue weighted by atomic mass is 10.0. The zero-order valence-corrected chi connectivity index (χ0v) is 23.8. The molecule has 0 aliphatic carbocycles. The molecule has 43 heavy (non-hydrogen) atoms. The van der Waals surface area contributed by atoms with E-state index >= 15 is 0 Å². The molecule has 0 spiro atoms. The fraction of sp³-hybridized carbons (Fsp3) is 0.242. The summed E-state index contributed by atoms with van der Waals surface area (Å²) in [7, 11) is 0. The predicted octanol–water partition coefficient (Wildman–Crippen LogP) is 4.02. The highest BCUT2D eigenvalue weighted by Gasteiger charge is 2.25. The molecular formula is C33H30N6O4. The van der Waals surface area contributed by atoms with Gasteiger partial charge in [-0.3, -0.25) is 4.79 Å². The maximum absolute atomic E-state index is 12.9. The largest absolute Gasteiger partial charge is 0.480 e. The van der Waals surface area contributed by atoms with Crippen LogP contribution in [0.15, 0.2) is 72.9 Å². The van der Waals surface area contributed by atoms with Gasteiger partial charge in [-0.15, -0.1) is 0 Å². The molecule has 10 nitrogen and oxygen atoms in total. The van der Waals surface area contributed by atoms with Crippen LogP contribution in [0.25, 0.3) is 27.8 Å². The SMILES string of the molecule is CC(C)[C@H](NC(=O)c1ccc(-c2c(C#Cc3ccc4ccccc4n3)nc3c(N4CCOCC4)ccnn23)cc1)C(=O)O. The number of nitrogens with one attached hydrogen (secondary N) is 1. The van der Waals surface area contributed by atoms with Crippen LogP contribution in [0.5, 0.6) is 0 Å². The highest BCUT2D eigenvalue weighted by molar-refractivity contribution is 5.97. The fourth-order valence-corrected chi connectivity index (χ4v) is 5.11. The minimum absolute atomic E-state index is 0.260. The number of fused-ring (bicyclic) bond motifs is 2. The lowest BCUT2D eigenvalue weighted by Crippen LogP contribution is -2.44. The molecule has 4 heterocycles. The van der Waals surface area contributed by atoms with Crippen molar-refractivity contribution >= 4 is 34.1 Å². The molecule has 1 atom stereocenters. The average Bonchev–Trinajstić information content (AvgIpc) is 3.41. The standard InChI is InChI=1S/C33H30N6O4/c1-21(2)29(33(41)42)37-32(40)24-9-7-23(8-10-24)30-27(14-13-25-12-11-22-5-3-4-6-26(22)35-25)36-31-28(15-16-34-39(30)31)38-17-19-43-20-18-38/h3-12,15-16,21,29H,17-20H2,1-2H3,(H,37,40)(H,41,42)/t29-/m0/s1. The van der Waals surface area contributed by atoms with Gasteiger partial charge in [0.15, 0.2) is 5.65 Å². The first-order chi connectivity index (χ1) is 20.9. The summed E-state index contributed by atoms with van der Waals surface area (Å²) in [6.07, 6.45) is 1.74. The second-order valence-corrected chi connectivity index (χ2v) is 10.6. The van der Waals surface area contributed by atoms with E-state index in [1.807, 2.05) is 42.5 Å². The Morgan fingerprint density at radius 2 is 1.72 bits per heavy atom. The first kappa shape index (κ1) is 27.9. The molecule has 0 radical (unpaired) electrons. The van der Waals surface area contributed by atoms with E-state index in [1.54, 1.807) is 48.8 Å². The summed E-state index contributed by atoms with van der Waals surface area (Å²) in [5.41, 5.74) is 5.37. The van der Waals surface area contributed by atoms with Crippen molar-refractivity contribution in [1.82, 2.24) is 24.9 Å². The number of hydrogen-bond donors (Lipinski definition) is 2. The molecule has 3 aromatic heterocycles. The van der Waals surface area contributed by atoms with E-state index in [4.69, 9.17) is 9.72 Å². The maximum Gasteiger partial charge on any atom is 0.326 e. The molecule has 1 amide bonds. The molecule has 0 bridgehead atoms. The van der Waals surface area contributed by atoms with Crippen LogP contribution in [0.4, 0.5) is 5.69 Å². The summed E-state index contributed by atoms with van der Waals surface area (Å²) in [6, 6.07) is 19.6. The Kier molecular flexibility index (Phi) is 7.73. The number of anilines is 1. The number of ether oxygens (including phenoxy) is 1. The highest BCUT2D eigenvalue weighted by atomic mass is 16.5. The third kappa shape index (κ3) is 5.76. The fourth-order valence-electron chi connectivity index (χ4n) is 5.11. The first-order valence-electron chi connectivity index (χ1n) is 14.1. The molecule has 1 aliphatic rings. The number of carbonyl (C=O) groups excluding carboxylic acids is 1. The highest BCUT2D eigenvalue weighted by Crippen LogP contribution is 2.29. The molecule has 1 aliphatic heterocycles. The number of para-hydroxylation sites is 1. The van der Waals surface area contributed by atoms with Gasteiger partial charge in [0.25, 0.3) is 5.91 Å². The number of morpholine rings is 1. The van der Waals surface area contributed by atoms with Crippen LogP contribution in [-0.4, -0.2) is 68.9 Å². The number of pyridine rings is 1. The molecule has 1 saturated heterocycles. The quantitative estimate of drug-likeness (QED) is 0.292. The number of carboxylic acid groups (broad SMARTS) is 1. The van der Waals surface area contributed by atoms with Crippen LogP contribution in [0.3, 0.4) is 0 Å². The first-order valence-corrected chi connectivity index (χ1v) is 14.1. The van der Waals surface area contributed by atoms with Gasteiger partial charge in [0, 0.05) is 29.6 Å². The van der Waals surface area contributed by atoms with Crippen molar-refractivity contribution in [1.29, 1.82) is 0 Å². The number of nitrogens with zero attached hydrogens (tertiary/aromatic N) is 5. The minimum Gasteiger partial charge on any atom is -0.480 e. The topological polar surface area (TPSA) is 122 Å². The molecule has 0 saturated carbocycles. The van der Waals surface area contributed by atoms with E-state index in [1.165, 1.54) is 0 Å². The van der Waals surface area contributed by atoms with E-state index in [-0.39, 0.29) is 5.92 Å². The van der Waals surface area contributed by atoms with Crippen molar-refractivity contribution in [2.45, 2.75) is 19.9 Å². The molecule has 2 N–H and O–H groups in total. The summed E-state index contributed by atoms with van der Waals surface area (Å²) < 4.78 is 7.33. The van der Waals surface area contributed by atoms with Gasteiger partial charge in [0.05, 0.1) is 30.6 Å². The Morgan fingerprint density at radius 3 is 2.47 bits per heavy atom. The number of rotatable bonds is 6. The van der Waals surface area contributed by atoms with E-state index in [0.717, 1.165) is 35.2 Å². The smallest absolute Gasteiger partial charge is 0.326 e. The zero-order valence-electron chi connectivity index (χ0n) is 23.8.